The van der Waals surface area contributed by atoms with Crippen molar-refractivity contribution in [2.24, 2.45) is 0 Å². The molecule has 0 spiro atoms. The van der Waals surface area contributed by atoms with Crippen LogP contribution in [0.2, 0.25) is 0 Å². The van der Waals surface area contributed by atoms with Gasteiger partial charge in [-0.05, 0) is 35.9 Å². The van der Waals surface area contributed by atoms with Gasteiger partial charge in [-0.2, -0.15) is 0 Å². The molecule has 0 aliphatic heterocycles. The molecule has 122 valence electrons. The second kappa shape index (κ2) is 7.92. The van der Waals surface area contributed by atoms with E-state index in [-0.39, 0.29) is 6.03 Å². The maximum atomic E-state index is 11.7. The number of hydrogen-bond donors (Lipinski definition) is 2. The first-order chi connectivity index (χ1) is 11.8. The third kappa shape index (κ3) is 4.42. The molecule has 0 bridgehead atoms. The van der Waals surface area contributed by atoms with Crippen LogP contribution in [0.3, 0.4) is 0 Å². The fourth-order valence-corrected chi connectivity index (χ4v) is 2.22. The highest BCUT2D eigenvalue weighted by molar-refractivity contribution is 5.79. The molecule has 0 saturated carbocycles. The highest BCUT2D eigenvalue weighted by Crippen LogP contribution is 2.18. The van der Waals surface area contributed by atoms with Crippen LogP contribution in [0.1, 0.15) is 5.56 Å². The van der Waals surface area contributed by atoms with Crippen LogP contribution in [0.15, 0.2) is 61.1 Å². The zero-order valence-electron chi connectivity index (χ0n) is 13.1. The predicted octanol–water partition coefficient (Wildman–Crippen LogP) is 2.51. The van der Waals surface area contributed by atoms with Gasteiger partial charge in [-0.15, -0.1) is 0 Å². The molecule has 2 aromatic heterocycles. The van der Waals surface area contributed by atoms with E-state index in [2.05, 4.69) is 20.6 Å². The van der Waals surface area contributed by atoms with E-state index in [9.17, 15) is 4.79 Å². The molecular formula is C18H18N4O2. The summed E-state index contributed by atoms with van der Waals surface area (Å²) in [5, 5.41) is 6.55. The molecule has 3 aromatic rings. The lowest BCUT2D eigenvalue weighted by Gasteiger charge is -2.09. The summed E-state index contributed by atoms with van der Waals surface area (Å²) in [7, 11) is 0. The average Bonchev–Trinajstić information content (AvgIpc) is 2.64. The van der Waals surface area contributed by atoms with Gasteiger partial charge >= 0.3 is 6.03 Å². The largest absolute Gasteiger partial charge is 0.492 e. The molecule has 0 aliphatic rings. The minimum Gasteiger partial charge on any atom is -0.492 e. The molecule has 0 atom stereocenters. The normalized spacial score (nSPS) is 10.3. The fourth-order valence-electron chi connectivity index (χ4n) is 2.22. The van der Waals surface area contributed by atoms with Gasteiger partial charge in [0, 0.05) is 30.5 Å². The van der Waals surface area contributed by atoms with Gasteiger partial charge in [-0.25, -0.2) is 4.79 Å². The molecule has 0 unspecified atom stereocenters. The summed E-state index contributed by atoms with van der Waals surface area (Å²) in [6, 6.07) is 13.1. The summed E-state index contributed by atoms with van der Waals surface area (Å²) < 4.78 is 5.65. The second-order valence-electron chi connectivity index (χ2n) is 5.18. The Morgan fingerprint density at radius 3 is 2.88 bits per heavy atom. The highest BCUT2D eigenvalue weighted by Gasteiger charge is 2.01. The smallest absolute Gasteiger partial charge is 0.315 e. The first-order valence-corrected chi connectivity index (χ1v) is 7.69. The van der Waals surface area contributed by atoms with Gasteiger partial charge in [0.15, 0.2) is 0 Å². The summed E-state index contributed by atoms with van der Waals surface area (Å²) >= 11 is 0. The van der Waals surface area contributed by atoms with Gasteiger partial charge in [0.2, 0.25) is 0 Å². The van der Waals surface area contributed by atoms with Gasteiger partial charge < -0.3 is 15.4 Å². The lowest BCUT2D eigenvalue weighted by atomic mass is 10.2. The highest BCUT2D eigenvalue weighted by atomic mass is 16.5. The zero-order valence-corrected chi connectivity index (χ0v) is 13.1. The lowest BCUT2D eigenvalue weighted by Crippen LogP contribution is -2.37. The van der Waals surface area contributed by atoms with Gasteiger partial charge in [0.1, 0.15) is 12.4 Å². The molecule has 3 rings (SSSR count). The van der Waals surface area contributed by atoms with Gasteiger partial charge in [0.05, 0.1) is 12.1 Å². The lowest BCUT2D eigenvalue weighted by molar-refractivity contribution is 0.236. The Kier molecular flexibility index (Phi) is 5.19. The van der Waals surface area contributed by atoms with E-state index in [0.717, 1.165) is 22.2 Å². The number of pyridine rings is 2. The van der Waals surface area contributed by atoms with E-state index < -0.39 is 0 Å². The maximum absolute atomic E-state index is 11.7. The van der Waals surface area contributed by atoms with Crippen LogP contribution in [0.25, 0.3) is 10.9 Å². The second-order valence-corrected chi connectivity index (χ2v) is 5.18. The number of rotatable bonds is 6. The minimum atomic E-state index is -0.231. The summed E-state index contributed by atoms with van der Waals surface area (Å²) in [5.74, 6) is 0.757. The molecule has 2 heterocycles. The predicted molar refractivity (Wildman–Crippen MR) is 91.7 cm³/mol. The Labute approximate surface area is 139 Å². The number of ether oxygens (including phenoxy) is 1. The number of urea groups is 1. The van der Waals surface area contributed by atoms with Crippen molar-refractivity contribution >= 4 is 16.9 Å². The molecule has 0 radical (unpaired) electrons. The molecule has 6 nitrogen and oxygen atoms in total. The number of nitrogens with zero attached hydrogens (tertiary/aromatic N) is 2. The number of benzene rings is 1. The van der Waals surface area contributed by atoms with Crippen molar-refractivity contribution in [3.05, 3.63) is 66.6 Å². The number of hydrogen-bond acceptors (Lipinski definition) is 4. The Morgan fingerprint density at radius 1 is 1.08 bits per heavy atom. The van der Waals surface area contributed by atoms with E-state index in [4.69, 9.17) is 4.74 Å². The van der Waals surface area contributed by atoms with Crippen LogP contribution in [-0.2, 0) is 6.54 Å². The topological polar surface area (TPSA) is 76.1 Å². The summed E-state index contributed by atoms with van der Waals surface area (Å²) in [6.45, 7) is 1.26. The first kappa shape index (κ1) is 15.7. The number of aromatic nitrogens is 2. The third-order valence-corrected chi connectivity index (χ3v) is 3.41. The van der Waals surface area contributed by atoms with Gasteiger partial charge in [-0.1, -0.05) is 12.1 Å². The summed E-state index contributed by atoms with van der Waals surface area (Å²) in [5.41, 5.74) is 1.88. The van der Waals surface area contributed by atoms with Crippen LogP contribution in [0, 0.1) is 0 Å². The van der Waals surface area contributed by atoms with Crippen molar-refractivity contribution in [2.75, 3.05) is 13.2 Å². The van der Waals surface area contributed by atoms with Crippen LogP contribution in [0.4, 0.5) is 4.79 Å². The number of fused-ring (bicyclic) bond motifs is 1. The molecule has 2 amide bonds. The van der Waals surface area contributed by atoms with Crippen molar-refractivity contribution in [1.82, 2.24) is 20.6 Å². The number of carbonyl (C=O) groups is 1. The van der Waals surface area contributed by atoms with Gasteiger partial charge in [0.25, 0.3) is 0 Å². The Morgan fingerprint density at radius 2 is 2.00 bits per heavy atom. The number of amides is 2. The zero-order chi connectivity index (χ0) is 16.6. The standard InChI is InChI=1S/C18H18N4O2/c23-18(22-13-14-3-1-7-19-12-14)21-9-10-24-16-5-6-17-15(11-16)4-2-8-20-17/h1-8,11-12H,9-10,13H2,(H2,21,22,23). The quantitative estimate of drug-likeness (QED) is 0.684. The van der Waals surface area contributed by atoms with E-state index in [0.29, 0.717) is 19.7 Å². The molecule has 24 heavy (non-hydrogen) atoms. The van der Waals surface area contributed by atoms with Crippen LogP contribution < -0.4 is 15.4 Å². The number of nitrogens with one attached hydrogen (secondary N) is 2. The van der Waals surface area contributed by atoms with Crippen LogP contribution in [0.5, 0.6) is 5.75 Å². The molecule has 2 N–H and O–H groups in total. The fraction of sp³-hybridized carbons (Fsp3) is 0.167. The summed E-state index contributed by atoms with van der Waals surface area (Å²) in [6.07, 6.45) is 5.18. The van der Waals surface area contributed by atoms with Crippen LogP contribution >= 0.6 is 0 Å². The van der Waals surface area contributed by atoms with E-state index >= 15 is 0 Å². The maximum Gasteiger partial charge on any atom is 0.315 e. The monoisotopic (exact) mass is 322 g/mol. The van der Waals surface area contributed by atoms with E-state index in [1.54, 1.807) is 18.6 Å². The van der Waals surface area contributed by atoms with Crippen molar-refractivity contribution in [3.63, 3.8) is 0 Å². The van der Waals surface area contributed by atoms with E-state index in [1.807, 2.05) is 42.5 Å². The average molecular weight is 322 g/mol. The van der Waals surface area contributed by atoms with Crippen molar-refractivity contribution in [2.45, 2.75) is 6.54 Å². The third-order valence-electron chi connectivity index (χ3n) is 3.41. The molecule has 0 saturated heterocycles. The molecule has 0 aliphatic carbocycles. The molecule has 0 fully saturated rings. The number of carbonyl (C=O) groups excluding carboxylic acids is 1. The Hall–Kier alpha value is -3.15. The Balaban J connectivity index is 1.39. The molecule has 6 heteroatoms. The Bertz CT molecular complexity index is 808. The minimum absolute atomic E-state index is 0.231. The van der Waals surface area contributed by atoms with Crippen LogP contribution in [-0.4, -0.2) is 29.2 Å². The molecular weight excluding hydrogens is 304 g/mol. The van der Waals surface area contributed by atoms with Crippen molar-refractivity contribution < 1.29 is 9.53 Å². The van der Waals surface area contributed by atoms with Gasteiger partial charge in [-0.3, -0.25) is 9.97 Å². The van der Waals surface area contributed by atoms with E-state index in [1.165, 1.54) is 0 Å². The van der Waals surface area contributed by atoms with Crippen molar-refractivity contribution in [1.29, 1.82) is 0 Å². The summed E-state index contributed by atoms with van der Waals surface area (Å²) in [4.78, 5) is 20.0. The molecule has 1 aromatic carbocycles. The SMILES string of the molecule is O=C(NCCOc1ccc2ncccc2c1)NCc1cccnc1. The van der Waals surface area contributed by atoms with Crippen molar-refractivity contribution in [3.8, 4) is 5.75 Å². The first-order valence-electron chi connectivity index (χ1n) is 7.69.